The Hall–Kier alpha value is -1.46. The molecule has 1 aliphatic rings. The molecule has 1 aliphatic carbocycles. The molecule has 1 fully saturated rings. The number of nitrogens with one attached hydrogen (secondary N) is 1. The van der Waals surface area contributed by atoms with Gasteiger partial charge >= 0.3 is 0 Å². The third-order valence-electron chi connectivity index (χ3n) is 3.59. The molecule has 0 aliphatic heterocycles. The van der Waals surface area contributed by atoms with Crippen LogP contribution < -0.4 is 5.32 Å². The standard InChI is InChI=1S/C13H18N2O3/c1-10-2-3-11(6-12(10)15(17)18)7-14-8-13(9-16)4-5-13/h2-3,6,14,16H,4-5,7-9H2,1H3. The van der Waals surface area contributed by atoms with Crippen molar-refractivity contribution < 1.29 is 10.0 Å². The van der Waals surface area contributed by atoms with Crippen molar-refractivity contribution in [1.29, 1.82) is 0 Å². The molecular weight excluding hydrogens is 232 g/mol. The second kappa shape index (κ2) is 5.04. The first-order valence-electron chi connectivity index (χ1n) is 6.12. The molecule has 2 N–H and O–H groups in total. The summed E-state index contributed by atoms with van der Waals surface area (Å²) in [6.45, 7) is 3.32. The quantitative estimate of drug-likeness (QED) is 0.596. The predicted molar refractivity (Wildman–Crippen MR) is 68.3 cm³/mol. The number of nitro benzene ring substituents is 1. The third kappa shape index (κ3) is 2.86. The number of aliphatic hydroxyl groups excluding tert-OH is 1. The molecule has 0 heterocycles. The summed E-state index contributed by atoms with van der Waals surface area (Å²) in [6, 6.07) is 5.28. The normalized spacial score (nSPS) is 16.6. The fourth-order valence-electron chi connectivity index (χ4n) is 2.00. The van der Waals surface area contributed by atoms with Crippen LogP contribution in [0.25, 0.3) is 0 Å². The van der Waals surface area contributed by atoms with Crippen LogP contribution in [0.3, 0.4) is 0 Å². The molecule has 0 radical (unpaired) electrons. The van der Waals surface area contributed by atoms with E-state index in [9.17, 15) is 15.2 Å². The Bertz CT molecular complexity index is 456. The van der Waals surface area contributed by atoms with E-state index in [-0.39, 0.29) is 22.6 Å². The van der Waals surface area contributed by atoms with Crippen LogP contribution in [0.15, 0.2) is 18.2 Å². The fourth-order valence-corrected chi connectivity index (χ4v) is 2.00. The molecule has 5 nitrogen and oxygen atoms in total. The SMILES string of the molecule is Cc1ccc(CNCC2(CO)CC2)cc1[N+](=O)[O-]. The van der Waals surface area contributed by atoms with E-state index in [0.717, 1.165) is 24.9 Å². The highest BCUT2D eigenvalue weighted by molar-refractivity contribution is 5.42. The van der Waals surface area contributed by atoms with Gasteiger partial charge in [-0.05, 0) is 25.3 Å². The maximum absolute atomic E-state index is 10.8. The van der Waals surface area contributed by atoms with Crippen LogP contribution in [0.2, 0.25) is 0 Å². The van der Waals surface area contributed by atoms with Crippen LogP contribution in [0.4, 0.5) is 5.69 Å². The average Bonchev–Trinajstić information content (AvgIpc) is 3.11. The first-order chi connectivity index (χ1) is 8.56. The molecular formula is C13H18N2O3. The highest BCUT2D eigenvalue weighted by Gasteiger charge is 2.41. The molecule has 0 saturated heterocycles. The Morgan fingerprint density at radius 1 is 1.50 bits per heavy atom. The number of nitrogens with zero attached hydrogens (tertiary/aromatic N) is 1. The minimum atomic E-state index is -0.352. The lowest BCUT2D eigenvalue weighted by Gasteiger charge is -2.12. The molecule has 1 aromatic carbocycles. The Kier molecular flexibility index (Phi) is 3.63. The lowest BCUT2D eigenvalue weighted by Crippen LogP contribution is -2.26. The predicted octanol–water partition coefficient (Wildman–Crippen LogP) is 1.77. The van der Waals surface area contributed by atoms with Crippen molar-refractivity contribution in [2.45, 2.75) is 26.3 Å². The summed E-state index contributed by atoms with van der Waals surface area (Å²) >= 11 is 0. The first-order valence-corrected chi connectivity index (χ1v) is 6.12. The summed E-state index contributed by atoms with van der Waals surface area (Å²) in [4.78, 5) is 10.5. The molecule has 0 amide bonds. The summed E-state index contributed by atoms with van der Waals surface area (Å²) < 4.78 is 0. The highest BCUT2D eigenvalue weighted by Crippen LogP contribution is 2.44. The van der Waals surface area contributed by atoms with Gasteiger partial charge in [-0.1, -0.05) is 12.1 Å². The zero-order chi connectivity index (χ0) is 13.2. The number of nitro groups is 1. The average molecular weight is 250 g/mol. The zero-order valence-corrected chi connectivity index (χ0v) is 10.5. The highest BCUT2D eigenvalue weighted by atomic mass is 16.6. The van der Waals surface area contributed by atoms with Crippen molar-refractivity contribution in [1.82, 2.24) is 5.32 Å². The van der Waals surface area contributed by atoms with Gasteiger partial charge in [-0.15, -0.1) is 0 Å². The minimum absolute atomic E-state index is 0.0661. The summed E-state index contributed by atoms with van der Waals surface area (Å²) in [7, 11) is 0. The largest absolute Gasteiger partial charge is 0.396 e. The summed E-state index contributed by atoms with van der Waals surface area (Å²) in [5, 5.41) is 23.3. The number of hydrogen-bond acceptors (Lipinski definition) is 4. The maximum Gasteiger partial charge on any atom is 0.272 e. The van der Waals surface area contributed by atoms with Crippen molar-refractivity contribution in [3.05, 3.63) is 39.4 Å². The van der Waals surface area contributed by atoms with Gasteiger partial charge in [0.2, 0.25) is 0 Å². The number of hydrogen-bond donors (Lipinski definition) is 2. The van der Waals surface area contributed by atoms with Crippen molar-refractivity contribution >= 4 is 5.69 Å². The van der Waals surface area contributed by atoms with Crippen molar-refractivity contribution in [2.24, 2.45) is 5.41 Å². The summed E-state index contributed by atoms with van der Waals surface area (Å²) in [5.41, 5.74) is 1.81. The van der Waals surface area contributed by atoms with E-state index in [0.29, 0.717) is 12.1 Å². The molecule has 1 aromatic rings. The van der Waals surface area contributed by atoms with Gasteiger partial charge in [-0.3, -0.25) is 10.1 Å². The Morgan fingerprint density at radius 3 is 2.78 bits per heavy atom. The minimum Gasteiger partial charge on any atom is -0.396 e. The number of rotatable bonds is 6. The van der Waals surface area contributed by atoms with E-state index in [1.807, 2.05) is 6.07 Å². The number of benzene rings is 1. The fraction of sp³-hybridized carbons (Fsp3) is 0.538. The van der Waals surface area contributed by atoms with Gasteiger partial charge in [-0.25, -0.2) is 0 Å². The molecule has 0 atom stereocenters. The molecule has 18 heavy (non-hydrogen) atoms. The molecule has 0 spiro atoms. The van der Waals surface area contributed by atoms with E-state index in [1.54, 1.807) is 19.1 Å². The van der Waals surface area contributed by atoms with Gasteiger partial charge < -0.3 is 10.4 Å². The van der Waals surface area contributed by atoms with Crippen LogP contribution in [-0.4, -0.2) is 23.2 Å². The van der Waals surface area contributed by atoms with Crippen LogP contribution in [0, 0.1) is 22.5 Å². The molecule has 0 bridgehead atoms. The monoisotopic (exact) mass is 250 g/mol. The second-order valence-corrected chi connectivity index (χ2v) is 5.14. The van der Waals surface area contributed by atoms with Gasteiger partial charge in [0.1, 0.15) is 0 Å². The molecule has 5 heteroatoms. The molecule has 2 rings (SSSR count). The maximum atomic E-state index is 10.8. The van der Waals surface area contributed by atoms with Crippen molar-refractivity contribution in [3.63, 3.8) is 0 Å². The van der Waals surface area contributed by atoms with Crippen LogP contribution in [-0.2, 0) is 6.54 Å². The van der Waals surface area contributed by atoms with Gasteiger partial charge in [0.25, 0.3) is 5.69 Å². The molecule has 0 aromatic heterocycles. The topological polar surface area (TPSA) is 75.4 Å². The smallest absolute Gasteiger partial charge is 0.272 e. The van der Waals surface area contributed by atoms with E-state index in [1.165, 1.54) is 0 Å². The molecule has 0 unspecified atom stereocenters. The number of aliphatic hydroxyl groups is 1. The third-order valence-corrected chi connectivity index (χ3v) is 3.59. The van der Waals surface area contributed by atoms with Crippen LogP contribution >= 0.6 is 0 Å². The van der Waals surface area contributed by atoms with E-state index < -0.39 is 0 Å². The van der Waals surface area contributed by atoms with Crippen LogP contribution in [0.5, 0.6) is 0 Å². The van der Waals surface area contributed by atoms with Crippen molar-refractivity contribution in [3.8, 4) is 0 Å². The van der Waals surface area contributed by atoms with Crippen LogP contribution in [0.1, 0.15) is 24.0 Å². The Morgan fingerprint density at radius 2 is 2.22 bits per heavy atom. The van der Waals surface area contributed by atoms with Gasteiger partial charge in [0.05, 0.1) is 4.92 Å². The summed E-state index contributed by atoms with van der Waals surface area (Å²) in [5.74, 6) is 0. The lowest BCUT2D eigenvalue weighted by molar-refractivity contribution is -0.385. The molecule has 1 saturated carbocycles. The Balaban J connectivity index is 1.93. The first kappa shape index (κ1) is 13.0. The van der Waals surface area contributed by atoms with Gasteiger partial charge in [0, 0.05) is 36.7 Å². The van der Waals surface area contributed by atoms with E-state index >= 15 is 0 Å². The molecule has 98 valence electrons. The lowest BCUT2D eigenvalue weighted by atomic mass is 10.1. The summed E-state index contributed by atoms with van der Waals surface area (Å²) in [6.07, 6.45) is 2.12. The number of aryl methyl sites for hydroxylation is 1. The second-order valence-electron chi connectivity index (χ2n) is 5.14. The van der Waals surface area contributed by atoms with E-state index in [2.05, 4.69) is 5.32 Å². The van der Waals surface area contributed by atoms with Crippen molar-refractivity contribution in [2.75, 3.05) is 13.2 Å². The zero-order valence-electron chi connectivity index (χ0n) is 10.5. The Labute approximate surface area is 106 Å². The van der Waals surface area contributed by atoms with E-state index in [4.69, 9.17) is 0 Å². The van der Waals surface area contributed by atoms with Gasteiger partial charge in [0.15, 0.2) is 0 Å². The van der Waals surface area contributed by atoms with Gasteiger partial charge in [-0.2, -0.15) is 0 Å².